The molecule has 3 nitrogen and oxygen atoms in total. The number of ether oxygens (including phenoxy) is 1. The number of unbranched alkanes of at least 4 members (excludes halogenated alkanes) is 2. The van der Waals surface area contributed by atoms with Gasteiger partial charge in [0.2, 0.25) is 0 Å². The number of imidazole rings is 1. The average Bonchev–Trinajstić information content (AvgIpc) is 2.67. The first-order valence-corrected chi connectivity index (χ1v) is 6.88. The van der Waals surface area contributed by atoms with E-state index in [1.54, 1.807) is 7.11 Å². The second kappa shape index (κ2) is 6.36. The minimum Gasteiger partial charge on any atom is -0.385 e. The van der Waals surface area contributed by atoms with Crippen molar-refractivity contribution >= 4 is 34.9 Å². The molecule has 0 aliphatic heterocycles. The number of fused-ring (bicyclic) bond motifs is 1. The van der Waals surface area contributed by atoms with E-state index in [1.807, 2.05) is 18.2 Å². The fraction of sp³-hybridized carbons (Fsp3) is 0.462. The monoisotopic (exact) mass is 284 g/mol. The molecule has 1 heterocycles. The number of hydrogen-bond donors (Lipinski definition) is 1. The van der Waals surface area contributed by atoms with E-state index in [1.165, 1.54) is 0 Å². The van der Waals surface area contributed by atoms with Crippen LogP contribution in [0.15, 0.2) is 18.2 Å². The van der Waals surface area contributed by atoms with Crippen LogP contribution in [0, 0.1) is 4.77 Å². The first kappa shape index (κ1) is 13.6. The zero-order valence-corrected chi connectivity index (χ0v) is 12.0. The molecule has 0 unspecified atom stereocenters. The lowest BCUT2D eigenvalue weighted by Gasteiger charge is -2.05. The van der Waals surface area contributed by atoms with Gasteiger partial charge in [-0.2, -0.15) is 0 Å². The number of H-pyrrole nitrogens is 1. The summed E-state index contributed by atoms with van der Waals surface area (Å²) >= 11 is 11.6. The predicted molar refractivity (Wildman–Crippen MR) is 77.9 cm³/mol. The third-order valence-electron chi connectivity index (χ3n) is 2.97. The first-order valence-electron chi connectivity index (χ1n) is 6.10. The van der Waals surface area contributed by atoms with Crippen molar-refractivity contribution in [3.05, 3.63) is 28.0 Å². The molecule has 1 N–H and O–H groups in total. The molecule has 2 rings (SSSR count). The van der Waals surface area contributed by atoms with Gasteiger partial charge in [-0.25, -0.2) is 0 Å². The molecule has 98 valence electrons. The van der Waals surface area contributed by atoms with Crippen LogP contribution in [0.1, 0.15) is 19.3 Å². The smallest absolute Gasteiger partial charge is 0.178 e. The maximum Gasteiger partial charge on any atom is 0.178 e. The summed E-state index contributed by atoms with van der Waals surface area (Å²) in [5, 5.41) is 0.747. The minimum absolute atomic E-state index is 0.741. The molecule has 0 saturated carbocycles. The number of aromatic amines is 1. The molecule has 5 heteroatoms. The van der Waals surface area contributed by atoms with Crippen LogP contribution in [0.3, 0.4) is 0 Å². The molecular formula is C13H17ClN2OS. The van der Waals surface area contributed by atoms with Crippen molar-refractivity contribution in [2.75, 3.05) is 13.7 Å². The molecular weight excluding hydrogens is 268 g/mol. The second-order valence-electron chi connectivity index (χ2n) is 4.27. The van der Waals surface area contributed by atoms with Crippen LogP contribution in [-0.2, 0) is 11.3 Å². The highest BCUT2D eigenvalue weighted by atomic mass is 35.5. The number of nitrogens with zero attached hydrogens (tertiary/aromatic N) is 1. The van der Waals surface area contributed by atoms with Crippen LogP contribution in [0.5, 0.6) is 0 Å². The summed E-state index contributed by atoms with van der Waals surface area (Å²) in [4.78, 5) is 3.19. The van der Waals surface area contributed by atoms with Crippen molar-refractivity contribution in [1.29, 1.82) is 0 Å². The Morgan fingerprint density at radius 2 is 2.17 bits per heavy atom. The standard InChI is InChI=1S/C13H17ClN2OS/c1-17-9-4-2-3-8-16-12-10(14)6-5-7-11(12)15-13(16)18/h5-7H,2-4,8-9H2,1H3,(H,15,18). The molecule has 18 heavy (non-hydrogen) atoms. The third-order valence-corrected chi connectivity index (χ3v) is 3.60. The molecule has 0 saturated heterocycles. The lowest BCUT2D eigenvalue weighted by molar-refractivity contribution is 0.191. The van der Waals surface area contributed by atoms with Gasteiger partial charge >= 0.3 is 0 Å². The number of methoxy groups -OCH3 is 1. The molecule has 0 bridgehead atoms. The van der Waals surface area contributed by atoms with Gasteiger partial charge in [0.1, 0.15) is 0 Å². The van der Waals surface area contributed by atoms with Gasteiger partial charge in [0.05, 0.1) is 16.1 Å². The Morgan fingerprint density at radius 3 is 2.94 bits per heavy atom. The first-order chi connectivity index (χ1) is 8.74. The minimum atomic E-state index is 0.741. The summed E-state index contributed by atoms with van der Waals surface area (Å²) in [5.74, 6) is 0. The van der Waals surface area contributed by atoms with Crippen LogP contribution in [0.25, 0.3) is 11.0 Å². The number of halogens is 1. The van der Waals surface area contributed by atoms with Crippen LogP contribution >= 0.6 is 23.8 Å². The van der Waals surface area contributed by atoms with Gasteiger partial charge in [-0.1, -0.05) is 17.7 Å². The summed E-state index contributed by atoms with van der Waals surface area (Å²) in [6.45, 7) is 1.71. The predicted octanol–water partition coefficient (Wildman–Crippen LogP) is 4.17. The fourth-order valence-electron chi connectivity index (χ4n) is 2.08. The highest BCUT2D eigenvalue weighted by Crippen LogP contribution is 2.23. The molecule has 1 aromatic heterocycles. The summed E-state index contributed by atoms with van der Waals surface area (Å²) in [6, 6.07) is 5.82. The molecule has 0 aliphatic carbocycles. The quantitative estimate of drug-likeness (QED) is 0.637. The number of rotatable bonds is 6. The number of hydrogen-bond acceptors (Lipinski definition) is 2. The van der Waals surface area contributed by atoms with Crippen LogP contribution in [0.4, 0.5) is 0 Å². The number of nitrogens with one attached hydrogen (secondary N) is 1. The number of aromatic nitrogens is 2. The Bertz CT molecular complexity index is 576. The Kier molecular flexibility index (Phi) is 4.80. The lowest BCUT2D eigenvalue weighted by Crippen LogP contribution is -1.99. The van der Waals surface area contributed by atoms with Crippen molar-refractivity contribution in [3.63, 3.8) is 0 Å². The molecule has 0 atom stereocenters. The zero-order chi connectivity index (χ0) is 13.0. The van der Waals surface area contributed by atoms with E-state index in [2.05, 4.69) is 9.55 Å². The highest BCUT2D eigenvalue weighted by Gasteiger charge is 2.07. The van der Waals surface area contributed by atoms with E-state index in [-0.39, 0.29) is 0 Å². The van der Waals surface area contributed by atoms with Crippen molar-refractivity contribution in [1.82, 2.24) is 9.55 Å². The van der Waals surface area contributed by atoms with Gasteiger partial charge in [-0.05, 0) is 43.6 Å². The van der Waals surface area contributed by atoms with Crippen molar-refractivity contribution in [3.8, 4) is 0 Å². The normalized spacial score (nSPS) is 11.2. The molecule has 0 aliphatic rings. The van der Waals surface area contributed by atoms with Gasteiger partial charge in [0, 0.05) is 20.3 Å². The van der Waals surface area contributed by atoms with Crippen molar-refractivity contribution in [2.45, 2.75) is 25.8 Å². The topological polar surface area (TPSA) is 29.9 Å². The van der Waals surface area contributed by atoms with E-state index in [4.69, 9.17) is 28.6 Å². The molecule has 0 radical (unpaired) electrons. The lowest BCUT2D eigenvalue weighted by atomic mass is 10.2. The summed E-state index contributed by atoms with van der Waals surface area (Å²) in [7, 11) is 1.73. The Labute approximate surface area is 117 Å². The summed E-state index contributed by atoms with van der Waals surface area (Å²) in [6.07, 6.45) is 3.29. The third kappa shape index (κ3) is 2.94. The maximum atomic E-state index is 6.23. The number of aryl methyl sites for hydroxylation is 1. The van der Waals surface area contributed by atoms with E-state index >= 15 is 0 Å². The number of para-hydroxylation sites is 1. The van der Waals surface area contributed by atoms with E-state index in [9.17, 15) is 0 Å². The largest absolute Gasteiger partial charge is 0.385 e. The maximum absolute atomic E-state index is 6.23. The van der Waals surface area contributed by atoms with Gasteiger partial charge in [-0.15, -0.1) is 0 Å². The molecule has 0 amide bonds. The van der Waals surface area contributed by atoms with Gasteiger partial charge in [0.15, 0.2) is 4.77 Å². The van der Waals surface area contributed by atoms with E-state index in [0.29, 0.717) is 0 Å². The summed E-state index contributed by atoms with van der Waals surface area (Å²) in [5.41, 5.74) is 2.01. The summed E-state index contributed by atoms with van der Waals surface area (Å²) < 4.78 is 7.86. The zero-order valence-electron chi connectivity index (χ0n) is 10.4. The van der Waals surface area contributed by atoms with Crippen LogP contribution < -0.4 is 0 Å². The Balaban J connectivity index is 2.12. The van der Waals surface area contributed by atoms with Gasteiger partial charge in [0.25, 0.3) is 0 Å². The van der Waals surface area contributed by atoms with Gasteiger partial charge < -0.3 is 14.3 Å². The molecule has 0 spiro atoms. The van der Waals surface area contributed by atoms with Gasteiger partial charge in [-0.3, -0.25) is 0 Å². The average molecular weight is 285 g/mol. The van der Waals surface area contributed by atoms with E-state index < -0.39 is 0 Å². The SMILES string of the molecule is COCCCCCn1c(=S)[nH]c2cccc(Cl)c21. The van der Waals surface area contributed by atoms with Crippen LogP contribution in [-0.4, -0.2) is 23.3 Å². The van der Waals surface area contributed by atoms with Crippen molar-refractivity contribution < 1.29 is 4.74 Å². The second-order valence-corrected chi connectivity index (χ2v) is 5.07. The van der Waals surface area contributed by atoms with E-state index in [0.717, 1.165) is 53.2 Å². The fourth-order valence-corrected chi connectivity index (χ4v) is 2.65. The molecule has 2 aromatic rings. The van der Waals surface area contributed by atoms with Crippen LogP contribution in [0.2, 0.25) is 5.02 Å². The Morgan fingerprint density at radius 1 is 1.33 bits per heavy atom. The number of benzene rings is 1. The molecule has 1 aromatic carbocycles. The Hall–Kier alpha value is -0.840. The van der Waals surface area contributed by atoms with Crippen molar-refractivity contribution in [2.24, 2.45) is 0 Å². The molecule has 0 fully saturated rings. The highest BCUT2D eigenvalue weighted by molar-refractivity contribution is 7.71.